The van der Waals surface area contributed by atoms with E-state index in [0.717, 1.165) is 12.0 Å². The number of fused-ring (bicyclic) bond motifs is 1. The molecule has 186 valence electrons. The number of carbonyl (C=O) groups excluding carboxylic acids is 3. The predicted molar refractivity (Wildman–Crippen MR) is 129 cm³/mol. The third kappa shape index (κ3) is 5.04. The second-order valence-electron chi connectivity index (χ2n) is 9.37. The van der Waals surface area contributed by atoms with E-state index in [4.69, 9.17) is 4.74 Å². The van der Waals surface area contributed by atoms with Crippen LogP contribution in [0.3, 0.4) is 0 Å². The van der Waals surface area contributed by atoms with Crippen LogP contribution >= 0.6 is 0 Å². The molecule has 0 saturated carbocycles. The van der Waals surface area contributed by atoms with Crippen LogP contribution in [0.5, 0.6) is 0 Å². The van der Waals surface area contributed by atoms with Crippen molar-refractivity contribution in [2.75, 3.05) is 13.2 Å². The van der Waals surface area contributed by atoms with E-state index in [1.54, 1.807) is 11.8 Å². The fourth-order valence-electron chi connectivity index (χ4n) is 5.46. The topological polar surface area (TPSA) is 95.9 Å². The quantitative estimate of drug-likeness (QED) is 0.405. The molecular weight excluding hydrogens is 432 g/mol. The fourth-order valence-corrected chi connectivity index (χ4v) is 5.46. The van der Waals surface area contributed by atoms with Crippen molar-refractivity contribution in [1.82, 2.24) is 10.2 Å². The lowest BCUT2D eigenvalue weighted by Gasteiger charge is -2.36. The number of hydrogen-bond donors (Lipinski definition) is 2. The van der Waals surface area contributed by atoms with E-state index < -0.39 is 35.8 Å². The molecular formula is C27H38N2O5. The summed E-state index contributed by atoms with van der Waals surface area (Å²) >= 11 is 0. The number of allylic oxidation sites excluding steroid dienone is 1. The zero-order valence-corrected chi connectivity index (χ0v) is 20.6. The predicted octanol–water partition coefficient (Wildman–Crippen LogP) is 2.93. The number of nitrogens with one attached hydrogen (secondary N) is 1. The number of amides is 2. The molecule has 0 spiro atoms. The Kier molecular flexibility index (Phi) is 8.89. The maximum absolute atomic E-state index is 13.9. The number of hydrogen-bond acceptors (Lipinski definition) is 5. The van der Waals surface area contributed by atoms with Crippen molar-refractivity contribution in [2.45, 2.75) is 59.2 Å². The van der Waals surface area contributed by atoms with Gasteiger partial charge >= 0.3 is 5.97 Å². The number of rotatable bonds is 10. The molecule has 1 aliphatic carbocycles. The average molecular weight is 471 g/mol. The number of benzene rings is 1. The number of nitrogens with zero attached hydrogens (tertiary/aromatic N) is 1. The first-order chi connectivity index (χ1) is 16.4. The van der Waals surface area contributed by atoms with E-state index in [0.29, 0.717) is 13.0 Å². The number of aliphatic hydroxyl groups is 1. The van der Waals surface area contributed by atoms with Gasteiger partial charge in [0.05, 0.1) is 31.1 Å². The lowest BCUT2D eigenvalue weighted by atomic mass is 9.69. The second kappa shape index (κ2) is 11.6. The summed E-state index contributed by atoms with van der Waals surface area (Å²) in [7, 11) is 0. The summed E-state index contributed by atoms with van der Waals surface area (Å²) in [6.07, 6.45) is 5.34. The Labute approximate surface area is 202 Å². The van der Waals surface area contributed by atoms with Crippen LogP contribution in [-0.4, -0.2) is 53.1 Å². The van der Waals surface area contributed by atoms with Crippen LogP contribution in [0.15, 0.2) is 42.5 Å². The fraction of sp³-hybridized carbons (Fsp3) is 0.593. The Hall–Kier alpha value is -2.67. The van der Waals surface area contributed by atoms with Gasteiger partial charge in [0.15, 0.2) is 0 Å². The van der Waals surface area contributed by atoms with Gasteiger partial charge in [-0.1, -0.05) is 69.7 Å². The van der Waals surface area contributed by atoms with Gasteiger partial charge in [-0.25, -0.2) is 0 Å². The number of ether oxygens (including phenoxy) is 1. The van der Waals surface area contributed by atoms with Crippen molar-refractivity contribution in [3.05, 3.63) is 48.0 Å². The highest BCUT2D eigenvalue weighted by Gasteiger charge is 2.59. The summed E-state index contributed by atoms with van der Waals surface area (Å²) in [6.45, 7) is 8.04. The van der Waals surface area contributed by atoms with Crippen molar-refractivity contribution in [1.29, 1.82) is 0 Å². The molecule has 0 bridgehead atoms. The summed E-state index contributed by atoms with van der Waals surface area (Å²) in [5, 5.41) is 13.3. The third-order valence-corrected chi connectivity index (χ3v) is 7.50. The highest BCUT2D eigenvalue weighted by atomic mass is 16.5. The summed E-state index contributed by atoms with van der Waals surface area (Å²) < 4.78 is 5.37. The van der Waals surface area contributed by atoms with E-state index in [1.807, 2.05) is 63.3 Å². The largest absolute Gasteiger partial charge is 0.466 e. The Morgan fingerprint density at radius 3 is 2.44 bits per heavy atom. The molecule has 34 heavy (non-hydrogen) atoms. The Morgan fingerprint density at radius 2 is 1.85 bits per heavy atom. The van der Waals surface area contributed by atoms with E-state index in [1.165, 1.54) is 0 Å². The van der Waals surface area contributed by atoms with Crippen molar-refractivity contribution < 1.29 is 24.2 Å². The maximum Gasteiger partial charge on any atom is 0.310 e. The molecule has 1 fully saturated rings. The summed E-state index contributed by atoms with van der Waals surface area (Å²) in [5.74, 6) is -2.83. The Morgan fingerprint density at radius 1 is 1.15 bits per heavy atom. The van der Waals surface area contributed by atoms with Crippen LogP contribution in [0.2, 0.25) is 0 Å². The summed E-state index contributed by atoms with van der Waals surface area (Å²) in [6, 6.07) is 8.29. The number of esters is 1. The van der Waals surface area contributed by atoms with Crippen LogP contribution in [0, 0.1) is 29.6 Å². The molecule has 0 aromatic heterocycles. The first-order valence-corrected chi connectivity index (χ1v) is 12.5. The molecule has 7 nitrogen and oxygen atoms in total. The van der Waals surface area contributed by atoms with Crippen molar-refractivity contribution in [3.8, 4) is 0 Å². The van der Waals surface area contributed by atoms with Gasteiger partial charge in [0.2, 0.25) is 11.8 Å². The number of aliphatic hydroxyl groups excluding tert-OH is 1. The van der Waals surface area contributed by atoms with E-state index in [-0.39, 0.29) is 36.9 Å². The van der Waals surface area contributed by atoms with Crippen molar-refractivity contribution >= 4 is 17.8 Å². The van der Waals surface area contributed by atoms with Crippen LogP contribution in [0.1, 0.15) is 46.1 Å². The average Bonchev–Trinajstić information content (AvgIpc) is 3.15. The zero-order chi connectivity index (χ0) is 24.8. The lowest BCUT2D eigenvalue weighted by molar-refractivity contribution is -0.156. The first kappa shape index (κ1) is 25.9. The minimum atomic E-state index is -0.793. The van der Waals surface area contributed by atoms with Gasteiger partial charge < -0.3 is 20.1 Å². The number of likely N-dealkylation sites (tertiary alicyclic amines) is 1. The summed E-state index contributed by atoms with van der Waals surface area (Å²) in [5.41, 5.74) is 0.957. The Balaban J connectivity index is 1.99. The van der Waals surface area contributed by atoms with E-state index >= 15 is 0 Å². The molecule has 1 heterocycles. The first-order valence-electron chi connectivity index (χ1n) is 12.5. The van der Waals surface area contributed by atoms with Gasteiger partial charge in [-0.2, -0.15) is 0 Å². The molecule has 7 heteroatoms. The Bertz CT molecular complexity index is 886. The van der Waals surface area contributed by atoms with Crippen molar-refractivity contribution in [2.24, 2.45) is 29.6 Å². The molecule has 0 radical (unpaired) electrons. The molecule has 7 atom stereocenters. The molecule has 1 aromatic rings. The van der Waals surface area contributed by atoms with Crippen molar-refractivity contribution in [3.63, 3.8) is 0 Å². The van der Waals surface area contributed by atoms with Gasteiger partial charge in [0.25, 0.3) is 0 Å². The molecule has 1 aliphatic heterocycles. The SMILES string of the molecule is CCOC(=O)[C@H]1[C@@H]2C(=O)N([C@@H](CO)[C@@H](C)CC)[C@H](C(=O)NCc3ccccc3)[C@H]2C=C[C@H]1CC. The monoisotopic (exact) mass is 470 g/mol. The second-order valence-corrected chi connectivity index (χ2v) is 9.37. The lowest BCUT2D eigenvalue weighted by Crippen LogP contribution is -2.54. The molecule has 0 unspecified atom stereocenters. The summed E-state index contributed by atoms with van der Waals surface area (Å²) in [4.78, 5) is 42.1. The standard InChI is InChI=1S/C27H38N2O5/c1-5-17(4)21(16-30)29-24(25(31)28-15-18-11-9-8-10-12-18)20-14-13-19(6-2)22(23(20)26(29)32)27(33)34-7-3/h8-14,17,19-24,30H,5-7,15-16H2,1-4H3,(H,28,31)/t17-,19+,20-,21-,22+,23+,24-/m0/s1. The minimum Gasteiger partial charge on any atom is -0.466 e. The number of carbonyl (C=O) groups is 3. The van der Waals surface area contributed by atoms with Gasteiger partial charge in [-0.15, -0.1) is 0 Å². The van der Waals surface area contributed by atoms with Gasteiger partial charge in [0, 0.05) is 12.5 Å². The smallest absolute Gasteiger partial charge is 0.310 e. The molecule has 1 saturated heterocycles. The maximum atomic E-state index is 13.9. The molecule has 3 rings (SSSR count). The molecule has 1 aromatic carbocycles. The third-order valence-electron chi connectivity index (χ3n) is 7.50. The molecule has 2 amide bonds. The van der Waals surface area contributed by atoms with Gasteiger partial charge in [-0.05, 0) is 30.7 Å². The highest BCUT2D eigenvalue weighted by molar-refractivity contribution is 5.96. The van der Waals surface area contributed by atoms with E-state index in [2.05, 4.69) is 5.32 Å². The molecule has 2 N–H and O–H groups in total. The van der Waals surface area contributed by atoms with Crippen LogP contribution in [-0.2, 0) is 25.7 Å². The van der Waals surface area contributed by atoms with Crippen LogP contribution in [0.25, 0.3) is 0 Å². The van der Waals surface area contributed by atoms with Crippen LogP contribution in [0.4, 0.5) is 0 Å². The normalized spacial score (nSPS) is 27.7. The molecule has 2 aliphatic rings. The highest BCUT2D eigenvalue weighted by Crippen LogP contribution is 2.46. The zero-order valence-electron chi connectivity index (χ0n) is 20.6. The minimum absolute atomic E-state index is 0.00878. The van der Waals surface area contributed by atoms with Gasteiger partial charge in [0.1, 0.15) is 6.04 Å². The van der Waals surface area contributed by atoms with Crippen LogP contribution < -0.4 is 5.32 Å². The van der Waals surface area contributed by atoms with E-state index in [9.17, 15) is 19.5 Å². The van der Waals surface area contributed by atoms with Gasteiger partial charge in [-0.3, -0.25) is 14.4 Å².